The summed E-state index contributed by atoms with van der Waals surface area (Å²) in [6.07, 6.45) is 1.56. The molecule has 1 heterocycles. The minimum atomic E-state index is 0.154. The lowest BCUT2D eigenvalue weighted by Gasteiger charge is -2.04. The van der Waals surface area contributed by atoms with Crippen LogP contribution >= 0.6 is 46.4 Å². The first-order chi connectivity index (χ1) is 9.08. The number of halogens is 4. The molecule has 2 rings (SSSR count). The summed E-state index contributed by atoms with van der Waals surface area (Å²) in [6.45, 7) is 0. The van der Waals surface area contributed by atoms with Crippen LogP contribution in [0.4, 0.5) is 5.82 Å². The van der Waals surface area contributed by atoms with Crippen molar-refractivity contribution in [1.29, 1.82) is 0 Å². The Morgan fingerprint density at radius 1 is 1.00 bits per heavy atom. The van der Waals surface area contributed by atoms with Crippen LogP contribution < -0.4 is 5.43 Å². The molecule has 7 heteroatoms. The lowest BCUT2D eigenvalue weighted by atomic mass is 10.2. The van der Waals surface area contributed by atoms with Gasteiger partial charge >= 0.3 is 0 Å². The molecule has 0 saturated carbocycles. The van der Waals surface area contributed by atoms with E-state index in [4.69, 9.17) is 46.4 Å². The fraction of sp³-hybridized carbons (Fsp3) is 0. The topological polar surface area (TPSA) is 37.3 Å². The van der Waals surface area contributed by atoms with E-state index in [-0.39, 0.29) is 10.2 Å². The third-order valence-corrected chi connectivity index (χ3v) is 3.47. The summed E-state index contributed by atoms with van der Waals surface area (Å²) in [5, 5.41) is 5.36. The molecule has 0 bridgehead atoms. The first-order valence-electron chi connectivity index (χ1n) is 5.13. The zero-order valence-electron chi connectivity index (χ0n) is 9.37. The van der Waals surface area contributed by atoms with Crippen molar-refractivity contribution >= 4 is 58.4 Å². The zero-order chi connectivity index (χ0) is 13.8. The van der Waals surface area contributed by atoms with Gasteiger partial charge in [0.1, 0.15) is 5.15 Å². The maximum atomic E-state index is 5.98. The number of nitrogens with one attached hydrogen (secondary N) is 1. The van der Waals surface area contributed by atoms with Crippen molar-refractivity contribution in [3.05, 3.63) is 56.1 Å². The third kappa shape index (κ3) is 3.74. The van der Waals surface area contributed by atoms with E-state index in [0.29, 0.717) is 15.9 Å². The van der Waals surface area contributed by atoms with Crippen molar-refractivity contribution in [3.63, 3.8) is 0 Å². The quantitative estimate of drug-likeness (QED) is 0.479. The number of nitrogens with zero attached hydrogens (tertiary/aromatic N) is 2. The molecule has 0 aliphatic carbocycles. The zero-order valence-corrected chi connectivity index (χ0v) is 12.4. The highest BCUT2D eigenvalue weighted by Crippen LogP contribution is 2.28. The molecule has 0 radical (unpaired) electrons. The molecule has 1 aromatic carbocycles. The number of benzene rings is 1. The minimum Gasteiger partial charge on any atom is -0.260 e. The summed E-state index contributed by atoms with van der Waals surface area (Å²) in [4.78, 5) is 3.97. The molecule has 0 fully saturated rings. The molecule has 0 saturated heterocycles. The first-order valence-corrected chi connectivity index (χ1v) is 6.64. The van der Waals surface area contributed by atoms with Crippen LogP contribution in [0, 0.1) is 0 Å². The average Bonchev–Trinajstić information content (AvgIpc) is 2.38. The molecule has 19 heavy (non-hydrogen) atoms. The maximum Gasteiger partial charge on any atom is 0.166 e. The van der Waals surface area contributed by atoms with Gasteiger partial charge in [0.05, 0.1) is 16.3 Å². The molecule has 0 amide bonds. The second-order valence-electron chi connectivity index (χ2n) is 3.48. The van der Waals surface area contributed by atoms with Gasteiger partial charge in [0.15, 0.2) is 5.82 Å². The summed E-state index contributed by atoms with van der Waals surface area (Å²) >= 11 is 23.5. The number of hydrazone groups is 1. The standard InChI is InChI=1S/C12H7Cl4N3/c13-8-4-2-1-3-7(8)6-17-19-12-10(15)5-9(14)11(16)18-12/h1-6H,(H,18,19). The molecule has 98 valence electrons. The molecular formula is C12H7Cl4N3. The summed E-state index contributed by atoms with van der Waals surface area (Å²) in [6, 6.07) is 8.79. The monoisotopic (exact) mass is 333 g/mol. The van der Waals surface area contributed by atoms with E-state index in [1.54, 1.807) is 12.3 Å². The van der Waals surface area contributed by atoms with Gasteiger partial charge in [-0.3, -0.25) is 5.43 Å². The number of rotatable bonds is 3. The van der Waals surface area contributed by atoms with E-state index in [1.165, 1.54) is 6.07 Å². The summed E-state index contributed by atoms with van der Waals surface area (Å²) in [5.74, 6) is 0.319. The number of hydrogen-bond donors (Lipinski definition) is 1. The summed E-state index contributed by atoms with van der Waals surface area (Å²) < 4.78 is 0. The van der Waals surface area contributed by atoms with E-state index in [2.05, 4.69) is 15.5 Å². The van der Waals surface area contributed by atoms with Gasteiger partial charge in [-0.15, -0.1) is 0 Å². The Morgan fingerprint density at radius 3 is 2.47 bits per heavy atom. The lowest BCUT2D eigenvalue weighted by molar-refractivity contribution is 1.23. The minimum absolute atomic E-state index is 0.154. The van der Waals surface area contributed by atoms with Crippen LogP contribution in [0.25, 0.3) is 0 Å². The molecule has 0 spiro atoms. The fourth-order valence-electron chi connectivity index (χ4n) is 1.27. The number of aromatic nitrogens is 1. The van der Waals surface area contributed by atoms with E-state index in [0.717, 1.165) is 5.56 Å². The molecule has 2 aromatic rings. The smallest absolute Gasteiger partial charge is 0.166 e. The largest absolute Gasteiger partial charge is 0.260 e. The van der Waals surface area contributed by atoms with Gasteiger partial charge in [-0.25, -0.2) is 4.98 Å². The van der Waals surface area contributed by atoms with Gasteiger partial charge in [-0.2, -0.15) is 5.10 Å². The Bertz CT molecular complexity index is 628. The van der Waals surface area contributed by atoms with Crippen LogP contribution in [0.1, 0.15) is 5.56 Å². The molecule has 1 N–H and O–H groups in total. The van der Waals surface area contributed by atoms with Gasteiger partial charge in [0.2, 0.25) is 0 Å². The van der Waals surface area contributed by atoms with Gasteiger partial charge in [-0.05, 0) is 12.1 Å². The predicted octanol–water partition coefficient (Wildman–Crippen LogP) is 5.14. The number of anilines is 1. The van der Waals surface area contributed by atoms with Crippen LogP contribution in [-0.2, 0) is 0 Å². The molecule has 0 atom stereocenters. The molecule has 1 aromatic heterocycles. The molecule has 0 unspecified atom stereocenters. The van der Waals surface area contributed by atoms with Crippen molar-refractivity contribution in [1.82, 2.24) is 4.98 Å². The molecule has 3 nitrogen and oxygen atoms in total. The van der Waals surface area contributed by atoms with Gasteiger partial charge in [-0.1, -0.05) is 64.6 Å². The highest BCUT2D eigenvalue weighted by molar-refractivity contribution is 6.42. The van der Waals surface area contributed by atoms with Crippen LogP contribution in [0.3, 0.4) is 0 Å². The van der Waals surface area contributed by atoms with Crippen molar-refractivity contribution < 1.29 is 0 Å². The van der Waals surface area contributed by atoms with Crippen LogP contribution in [0.5, 0.6) is 0 Å². The van der Waals surface area contributed by atoms with E-state index in [9.17, 15) is 0 Å². The molecule has 0 aliphatic heterocycles. The Labute approximate surface area is 130 Å². The number of hydrogen-bond acceptors (Lipinski definition) is 3. The fourth-order valence-corrected chi connectivity index (χ4v) is 1.99. The third-order valence-electron chi connectivity index (χ3n) is 2.17. The summed E-state index contributed by atoms with van der Waals surface area (Å²) in [7, 11) is 0. The van der Waals surface area contributed by atoms with E-state index >= 15 is 0 Å². The van der Waals surface area contributed by atoms with Gasteiger partial charge in [0.25, 0.3) is 0 Å². The normalized spacial score (nSPS) is 10.9. The second kappa shape index (κ2) is 6.44. The molecule has 0 aliphatic rings. The Kier molecular flexibility index (Phi) is 4.88. The van der Waals surface area contributed by atoms with Gasteiger partial charge < -0.3 is 0 Å². The molecular weight excluding hydrogens is 328 g/mol. The Hall–Kier alpha value is -1.000. The van der Waals surface area contributed by atoms with Gasteiger partial charge in [0, 0.05) is 10.6 Å². The highest BCUT2D eigenvalue weighted by atomic mass is 35.5. The van der Waals surface area contributed by atoms with Crippen molar-refractivity contribution in [2.45, 2.75) is 0 Å². The van der Waals surface area contributed by atoms with Crippen molar-refractivity contribution in [2.75, 3.05) is 5.43 Å². The highest BCUT2D eigenvalue weighted by Gasteiger charge is 2.06. The van der Waals surface area contributed by atoms with E-state index < -0.39 is 0 Å². The maximum absolute atomic E-state index is 5.98. The van der Waals surface area contributed by atoms with Crippen molar-refractivity contribution in [3.8, 4) is 0 Å². The predicted molar refractivity (Wildman–Crippen MR) is 81.9 cm³/mol. The summed E-state index contributed by atoms with van der Waals surface area (Å²) in [5.41, 5.74) is 3.45. The SMILES string of the molecule is Clc1ccccc1C=NNc1nc(Cl)c(Cl)cc1Cl. The van der Waals surface area contributed by atoms with Crippen LogP contribution in [0.2, 0.25) is 20.2 Å². The Morgan fingerprint density at radius 2 is 1.74 bits per heavy atom. The first kappa shape index (κ1) is 14.4. The number of pyridine rings is 1. The van der Waals surface area contributed by atoms with E-state index in [1.807, 2.05) is 18.2 Å². The lowest BCUT2D eigenvalue weighted by Crippen LogP contribution is -1.95. The average molecular weight is 335 g/mol. The van der Waals surface area contributed by atoms with Crippen LogP contribution in [-0.4, -0.2) is 11.2 Å². The van der Waals surface area contributed by atoms with Crippen LogP contribution in [0.15, 0.2) is 35.4 Å². The second-order valence-corrected chi connectivity index (χ2v) is 5.06. The Balaban J connectivity index is 2.15. The van der Waals surface area contributed by atoms with Crippen molar-refractivity contribution in [2.24, 2.45) is 5.10 Å².